The molecule has 7 nitrogen and oxygen atoms in total. The summed E-state index contributed by atoms with van der Waals surface area (Å²) >= 11 is 0. The van der Waals surface area contributed by atoms with Gasteiger partial charge in [0.05, 0.1) is 22.6 Å². The van der Waals surface area contributed by atoms with Crippen molar-refractivity contribution >= 4 is 17.6 Å². The van der Waals surface area contributed by atoms with Crippen LogP contribution >= 0.6 is 0 Å². The number of amides is 1. The number of carbonyl (C=O) groups excluding carboxylic acids is 2. The fraction of sp³-hybridized carbons (Fsp3) is 0.261. The fourth-order valence-electron chi connectivity index (χ4n) is 2.92. The number of hydrogen-bond acceptors (Lipinski definition) is 5. The molecule has 3 rings (SSSR count). The summed E-state index contributed by atoms with van der Waals surface area (Å²) in [4.78, 5) is 25.0. The third-order valence-corrected chi connectivity index (χ3v) is 4.73. The highest BCUT2D eigenvalue weighted by atomic mass is 16.5. The van der Waals surface area contributed by atoms with Crippen LogP contribution in [0.5, 0.6) is 5.75 Å². The molecule has 0 aliphatic rings. The molecule has 3 aromatic rings. The van der Waals surface area contributed by atoms with Gasteiger partial charge in [-0.25, -0.2) is 4.79 Å². The number of nitrogens with one attached hydrogen (secondary N) is 1. The Kier molecular flexibility index (Phi) is 6.51. The van der Waals surface area contributed by atoms with Gasteiger partial charge in [0, 0.05) is 7.05 Å². The van der Waals surface area contributed by atoms with Gasteiger partial charge in [-0.1, -0.05) is 36.4 Å². The van der Waals surface area contributed by atoms with Crippen LogP contribution in [-0.4, -0.2) is 27.8 Å². The van der Waals surface area contributed by atoms with E-state index in [9.17, 15) is 9.59 Å². The van der Waals surface area contributed by atoms with Crippen molar-refractivity contribution in [3.63, 3.8) is 0 Å². The molecular formula is C23H25N3O4. The van der Waals surface area contributed by atoms with Crippen LogP contribution in [0.15, 0.2) is 54.6 Å². The summed E-state index contributed by atoms with van der Waals surface area (Å²) in [5.74, 6) is -0.464. The molecule has 0 saturated carbocycles. The van der Waals surface area contributed by atoms with Gasteiger partial charge in [-0.3, -0.25) is 9.48 Å². The van der Waals surface area contributed by atoms with E-state index in [1.54, 1.807) is 42.9 Å². The molecule has 0 radical (unpaired) electrons. The van der Waals surface area contributed by atoms with Gasteiger partial charge in [0.25, 0.3) is 5.91 Å². The second kappa shape index (κ2) is 9.26. The van der Waals surface area contributed by atoms with Crippen molar-refractivity contribution in [1.82, 2.24) is 9.78 Å². The number of anilines is 1. The molecule has 1 N–H and O–H groups in total. The first-order chi connectivity index (χ1) is 14.3. The van der Waals surface area contributed by atoms with Crippen molar-refractivity contribution in [3.8, 4) is 5.75 Å². The number of rotatable bonds is 7. The van der Waals surface area contributed by atoms with E-state index in [0.717, 1.165) is 11.3 Å². The summed E-state index contributed by atoms with van der Waals surface area (Å²) in [5.41, 5.74) is 3.49. The molecule has 0 saturated heterocycles. The maximum Gasteiger partial charge on any atom is 0.339 e. The number of ether oxygens (including phenoxy) is 2. The highest BCUT2D eigenvalue weighted by molar-refractivity contribution is 5.98. The van der Waals surface area contributed by atoms with Crippen molar-refractivity contribution in [2.24, 2.45) is 7.05 Å². The standard InChI is InChI=1S/C23H25N3O4/c1-15-21(16(2)26(4)25-15)24-22(27)17(3)30-23(28)19-11-8-12-20(13-19)29-14-18-9-6-5-7-10-18/h5-13,17H,14H2,1-4H3,(H,24,27)/t17-/m0/s1. The maximum atomic E-state index is 12.5. The van der Waals surface area contributed by atoms with Gasteiger partial charge in [0.15, 0.2) is 6.10 Å². The fourth-order valence-corrected chi connectivity index (χ4v) is 2.92. The topological polar surface area (TPSA) is 82.5 Å². The van der Waals surface area contributed by atoms with Crippen LogP contribution in [0.1, 0.15) is 34.2 Å². The Hall–Kier alpha value is -3.61. The van der Waals surface area contributed by atoms with Gasteiger partial charge in [0.2, 0.25) is 0 Å². The first-order valence-corrected chi connectivity index (χ1v) is 9.64. The lowest BCUT2D eigenvalue weighted by Crippen LogP contribution is -2.30. The van der Waals surface area contributed by atoms with Gasteiger partial charge >= 0.3 is 5.97 Å². The molecule has 0 fully saturated rings. The molecule has 0 unspecified atom stereocenters. The molecule has 1 aromatic heterocycles. The third-order valence-electron chi connectivity index (χ3n) is 4.73. The molecule has 2 aromatic carbocycles. The van der Waals surface area contributed by atoms with E-state index >= 15 is 0 Å². The average molecular weight is 407 g/mol. The maximum absolute atomic E-state index is 12.5. The van der Waals surface area contributed by atoms with Crippen LogP contribution in [-0.2, 0) is 23.2 Å². The van der Waals surface area contributed by atoms with Crippen molar-refractivity contribution in [2.75, 3.05) is 5.32 Å². The lowest BCUT2D eigenvalue weighted by molar-refractivity contribution is -0.123. The van der Waals surface area contributed by atoms with Gasteiger partial charge in [-0.2, -0.15) is 5.10 Å². The molecule has 156 valence electrons. The van der Waals surface area contributed by atoms with Gasteiger partial charge in [-0.05, 0) is 44.5 Å². The van der Waals surface area contributed by atoms with E-state index in [1.165, 1.54) is 6.92 Å². The predicted molar refractivity (Wildman–Crippen MR) is 113 cm³/mol. The molecule has 0 aliphatic carbocycles. The normalized spacial score (nSPS) is 11.6. The predicted octanol–water partition coefficient (Wildman–Crippen LogP) is 3.80. The number of nitrogens with zero attached hydrogens (tertiary/aromatic N) is 2. The monoisotopic (exact) mass is 407 g/mol. The number of benzene rings is 2. The van der Waals surface area contributed by atoms with Crippen molar-refractivity contribution in [1.29, 1.82) is 0 Å². The lowest BCUT2D eigenvalue weighted by atomic mass is 10.2. The van der Waals surface area contributed by atoms with Crippen LogP contribution in [0.3, 0.4) is 0 Å². The minimum absolute atomic E-state index is 0.314. The van der Waals surface area contributed by atoms with Crippen molar-refractivity contribution in [2.45, 2.75) is 33.5 Å². The van der Waals surface area contributed by atoms with E-state index < -0.39 is 18.0 Å². The number of carbonyl (C=O) groups is 2. The molecule has 1 atom stereocenters. The quantitative estimate of drug-likeness (QED) is 0.603. The molecule has 1 heterocycles. The number of esters is 1. The summed E-state index contributed by atoms with van der Waals surface area (Å²) in [6.07, 6.45) is -0.967. The minimum atomic E-state index is -0.967. The van der Waals surface area contributed by atoms with E-state index in [4.69, 9.17) is 9.47 Å². The molecule has 0 spiro atoms. The second-order valence-electron chi connectivity index (χ2n) is 7.01. The number of aromatic nitrogens is 2. The van der Waals surface area contributed by atoms with Crippen LogP contribution in [0.2, 0.25) is 0 Å². The SMILES string of the molecule is Cc1nn(C)c(C)c1NC(=O)[C@H](C)OC(=O)c1cccc(OCc2ccccc2)c1. The second-order valence-corrected chi connectivity index (χ2v) is 7.01. The Balaban J connectivity index is 1.60. The summed E-state index contributed by atoms with van der Waals surface area (Å²) in [7, 11) is 1.80. The van der Waals surface area contributed by atoms with E-state index in [-0.39, 0.29) is 0 Å². The molecule has 1 amide bonds. The zero-order valence-electron chi connectivity index (χ0n) is 17.5. The van der Waals surface area contributed by atoms with E-state index in [2.05, 4.69) is 10.4 Å². The molecular weight excluding hydrogens is 382 g/mol. The average Bonchev–Trinajstić information content (AvgIpc) is 2.99. The zero-order valence-corrected chi connectivity index (χ0v) is 17.5. The Morgan fingerprint density at radius 3 is 2.50 bits per heavy atom. The van der Waals surface area contributed by atoms with Gasteiger partial charge in [0.1, 0.15) is 12.4 Å². The third kappa shape index (κ3) is 5.05. The Morgan fingerprint density at radius 2 is 1.83 bits per heavy atom. The first-order valence-electron chi connectivity index (χ1n) is 9.64. The molecule has 0 aliphatic heterocycles. The van der Waals surface area contributed by atoms with Crippen LogP contribution in [0, 0.1) is 13.8 Å². The highest BCUT2D eigenvalue weighted by Gasteiger charge is 2.21. The molecule has 0 bridgehead atoms. The summed E-state index contributed by atoms with van der Waals surface area (Å²) in [6, 6.07) is 16.4. The number of hydrogen-bond donors (Lipinski definition) is 1. The van der Waals surface area contributed by atoms with E-state index in [1.807, 2.05) is 37.3 Å². The summed E-state index contributed by atoms with van der Waals surface area (Å²) in [5, 5.41) is 7.04. The Bertz CT molecular complexity index is 1040. The molecule has 7 heteroatoms. The number of aryl methyl sites for hydroxylation is 2. The Morgan fingerprint density at radius 1 is 1.10 bits per heavy atom. The van der Waals surface area contributed by atoms with Gasteiger partial charge in [-0.15, -0.1) is 0 Å². The van der Waals surface area contributed by atoms with Gasteiger partial charge < -0.3 is 14.8 Å². The first kappa shape index (κ1) is 21.1. The van der Waals surface area contributed by atoms with E-state index in [0.29, 0.717) is 29.3 Å². The summed E-state index contributed by atoms with van der Waals surface area (Å²) < 4.78 is 12.8. The largest absolute Gasteiger partial charge is 0.489 e. The van der Waals surface area contributed by atoms with Crippen LogP contribution in [0.4, 0.5) is 5.69 Å². The Labute approximate surface area is 175 Å². The van der Waals surface area contributed by atoms with Crippen LogP contribution in [0.25, 0.3) is 0 Å². The summed E-state index contributed by atoms with van der Waals surface area (Å²) in [6.45, 7) is 5.58. The zero-order chi connectivity index (χ0) is 21.7. The van der Waals surface area contributed by atoms with Crippen LogP contribution < -0.4 is 10.1 Å². The lowest BCUT2D eigenvalue weighted by Gasteiger charge is -2.14. The van der Waals surface area contributed by atoms with Crippen molar-refractivity contribution in [3.05, 3.63) is 77.1 Å². The minimum Gasteiger partial charge on any atom is -0.489 e. The highest BCUT2D eigenvalue weighted by Crippen LogP contribution is 2.20. The smallest absolute Gasteiger partial charge is 0.339 e. The molecule has 30 heavy (non-hydrogen) atoms. The van der Waals surface area contributed by atoms with Crippen molar-refractivity contribution < 1.29 is 19.1 Å².